The van der Waals surface area contributed by atoms with Gasteiger partial charge in [-0.05, 0) is 24.3 Å². The molecule has 104 valence electrons. The van der Waals surface area contributed by atoms with Gasteiger partial charge in [0.2, 0.25) is 0 Å². The highest BCUT2D eigenvalue weighted by atomic mass is 35.5. The van der Waals surface area contributed by atoms with Gasteiger partial charge in [-0.2, -0.15) is 0 Å². The zero-order valence-corrected chi connectivity index (χ0v) is 12.1. The molecule has 2 N–H and O–H groups in total. The maximum Gasteiger partial charge on any atom is 0.127 e. The normalized spacial score (nSPS) is 16.6. The van der Waals surface area contributed by atoms with Gasteiger partial charge in [-0.1, -0.05) is 29.3 Å². The van der Waals surface area contributed by atoms with Crippen LogP contribution >= 0.6 is 23.2 Å². The summed E-state index contributed by atoms with van der Waals surface area (Å²) in [6.45, 7) is 0.818. The average molecular weight is 310 g/mol. The van der Waals surface area contributed by atoms with Gasteiger partial charge in [0.15, 0.2) is 0 Å². The minimum atomic E-state index is -0.0583. The number of halogens is 2. The number of fused-ring (bicyclic) bond motifs is 1. The molecule has 2 aromatic rings. The summed E-state index contributed by atoms with van der Waals surface area (Å²) in [4.78, 5) is 0. The van der Waals surface area contributed by atoms with Crippen molar-refractivity contribution in [3.8, 4) is 11.5 Å². The van der Waals surface area contributed by atoms with E-state index in [0.29, 0.717) is 29.0 Å². The fourth-order valence-electron chi connectivity index (χ4n) is 2.13. The molecule has 3 nitrogen and oxygen atoms in total. The Morgan fingerprint density at radius 2 is 1.95 bits per heavy atom. The lowest BCUT2D eigenvalue weighted by Crippen LogP contribution is -2.10. The number of hydrogen-bond acceptors (Lipinski definition) is 3. The molecule has 1 heterocycles. The highest BCUT2D eigenvalue weighted by Crippen LogP contribution is 2.34. The van der Waals surface area contributed by atoms with E-state index in [4.69, 9.17) is 38.4 Å². The molecule has 0 saturated heterocycles. The van der Waals surface area contributed by atoms with E-state index in [9.17, 15) is 0 Å². The zero-order valence-electron chi connectivity index (χ0n) is 10.6. The topological polar surface area (TPSA) is 44.5 Å². The third-order valence-electron chi connectivity index (χ3n) is 3.25. The first-order valence-electron chi connectivity index (χ1n) is 6.23. The summed E-state index contributed by atoms with van der Waals surface area (Å²) in [7, 11) is 0. The van der Waals surface area contributed by atoms with E-state index in [1.54, 1.807) is 18.2 Å². The monoisotopic (exact) mass is 309 g/mol. The lowest BCUT2D eigenvalue weighted by atomic mass is 10.1. The van der Waals surface area contributed by atoms with Gasteiger partial charge in [-0.25, -0.2) is 0 Å². The lowest BCUT2D eigenvalue weighted by molar-refractivity contribution is 0.301. The summed E-state index contributed by atoms with van der Waals surface area (Å²) >= 11 is 12.2. The van der Waals surface area contributed by atoms with E-state index in [2.05, 4.69) is 0 Å². The molecule has 0 radical (unpaired) electrons. The van der Waals surface area contributed by atoms with Crippen molar-refractivity contribution in [1.82, 2.24) is 0 Å². The number of nitrogens with two attached hydrogens (primary N) is 1. The second-order valence-corrected chi connectivity index (χ2v) is 5.42. The Morgan fingerprint density at radius 3 is 2.70 bits per heavy atom. The molecular weight excluding hydrogens is 297 g/mol. The molecule has 3 rings (SSSR count). The van der Waals surface area contributed by atoms with Gasteiger partial charge >= 0.3 is 0 Å². The van der Waals surface area contributed by atoms with E-state index in [0.717, 1.165) is 16.9 Å². The quantitative estimate of drug-likeness (QED) is 0.933. The fourth-order valence-corrected chi connectivity index (χ4v) is 2.64. The molecule has 0 aliphatic carbocycles. The predicted octanol–water partition coefficient (Wildman–Crippen LogP) is 3.96. The zero-order chi connectivity index (χ0) is 14.1. The molecule has 0 amide bonds. The molecule has 0 saturated carbocycles. The third-order valence-corrected chi connectivity index (χ3v) is 3.96. The van der Waals surface area contributed by atoms with E-state index in [1.165, 1.54) is 0 Å². The van der Waals surface area contributed by atoms with Crippen molar-refractivity contribution in [2.75, 3.05) is 6.61 Å². The Kier molecular flexibility index (Phi) is 3.74. The first kappa shape index (κ1) is 13.6. The molecule has 0 aromatic heterocycles. The lowest BCUT2D eigenvalue weighted by Gasteiger charge is -2.10. The SMILES string of the molecule is NC1COc2cc(OCc3c(Cl)cccc3Cl)ccc21. The third kappa shape index (κ3) is 2.57. The van der Waals surface area contributed by atoms with Crippen LogP contribution in [0.25, 0.3) is 0 Å². The van der Waals surface area contributed by atoms with Gasteiger partial charge in [-0.3, -0.25) is 0 Å². The molecule has 1 atom stereocenters. The highest BCUT2D eigenvalue weighted by molar-refractivity contribution is 6.35. The van der Waals surface area contributed by atoms with Gasteiger partial charge in [0.25, 0.3) is 0 Å². The summed E-state index contributed by atoms with van der Waals surface area (Å²) in [6, 6.07) is 11.0. The minimum absolute atomic E-state index is 0.0583. The molecule has 0 spiro atoms. The molecule has 0 bridgehead atoms. The van der Waals surface area contributed by atoms with Crippen molar-refractivity contribution in [2.24, 2.45) is 5.73 Å². The second kappa shape index (κ2) is 5.52. The van der Waals surface area contributed by atoms with E-state index >= 15 is 0 Å². The van der Waals surface area contributed by atoms with Crippen LogP contribution in [0.3, 0.4) is 0 Å². The average Bonchev–Trinajstić information content (AvgIpc) is 2.79. The Morgan fingerprint density at radius 1 is 1.20 bits per heavy atom. The summed E-state index contributed by atoms with van der Waals surface area (Å²) in [6.07, 6.45) is 0. The number of benzene rings is 2. The van der Waals surface area contributed by atoms with E-state index in [1.807, 2.05) is 18.2 Å². The second-order valence-electron chi connectivity index (χ2n) is 4.61. The van der Waals surface area contributed by atoms with Gasteiger partial charge in [-0.15, -0.1) is 0 Å². The first-order valence-corrected chi connectivity index (χ1v) is 6.99. The first-order chi connectivity index (χ1) is 9.65. The van der Waals surface area contributed by atoms with Crippen molar-refractivity contribution < 1.29 is 9.47 Å². The van der Waals surface area contributed by atoms with Crippen LogP contribution in [-0.4, -0.2) is 6.61 Å². The van der Waals surface area contributed by atoms with Crippen LogP contribution in [0, 0.1) is 0 Å². The van der Waals surface area contributed by atoms with E-state index in [-0.39, 0.29) is 6.04 Å². The van der Waals surface area contributed by atoms with Crippen LogP contribution in [-0.2, 0) is 6.61 Å². The summed E-state index contributed by atoms with van der Waals surface area (Å²) in [5.41, 5.74) is 7.68. The number of ether oxygens (including phenoxy) is 2. The molecule has 2 aromatic carbocycles. The maximum absolute atomic E-state index is 6.10. The molecule has 1 aliphatic rings. The molecule has 5 heteroatoms. The van der Waals surface area contributed by atoms with Gasteiger partial charge in [0, 0.05) is 27.2 Å². The Labute approximate surface area is 127 Å². The van der Waals surface area contributed by atoms with Crippen molar-refractivity contribution in [3.63, 3.8) is 0 Å². The number of rotatable bonds is 3. The van der Waals surface area contributed by atoms with E-state index < -0.39 is 0 Å². The van der Waals surface area contributed by atoms with Crippen LogP contribution in [0.15, 0.2) is 36.4 Å². The van der Waals surface area contributed by atoms with Gasteiger partial charge < -0.3 is 15.2 Å². The molecule has 20 heavy (non-hydrogen) atoms. The van der Waals surface area contributed by atoms with Gasteiger partial charge in [0.1, 0.15) is 24.7 Å². The largest absolute Gasteiger partial charge is 0.491 e. The van der Waals surface area contributed by atoms with Crippen molar-refractivity contribution in [1.29, 1.82) is 0 Å². The standard InChI is InChI=1S/C15H13Cl2NO2/c16-12-2-1-3-13(17)11(12)7-19-9-4-5-10-14(18)8-20-15(10)6-9/h1-6,14H,7-8,18H2. The molecule has 1 aliphatic heterocycles. The van der Waals surface area contributed by atoms with Crippen LogP contribution in [0.2, 0.25) is 10.0 Å². The Bertz CT molecular complexity index is 626. The van der Waals surface area contributed by atoms with Crippen molar-refractivity contribution in [2.45, 2.75) is 12.6 Å². The van der Waals surface area contributed by atoms with Crippen LogP contribution in [0.4, 0.5) is 0 Å². The fraction of sp³-hybridized carbons (Fsp3) is 0.200. The highest BCUT2D eigenvalue weighted by Gasteiger charge is 2.20. The Balaban J connectivity index is 1.76. The predicted molar refractivity (Wildman–Crippen MR) is 79.7 cm³/mol. The molecular formula is C15H13Cl2NO2. The van der Waals surface area contributed by atoms with Crippen LogP contribution in [0.5, 0.6) is 11.5 Å². The van der Waals surface area contributed by atoms with Crippen LogP contribution < -0.4 is 15.2 Å². The smallest absolute Gasteiger partial charge is 0.127 e. The summed E-state index contributed by atoms with van der Waals surface area (Å²) in [5, 5.41) is 1.19. The molecule has 1 unspecified atom stereocenters. The van der Waals surface area contributed by atoms with Gasteiger partial charge in [0.05, 0.1) is 6.04 Å². The van der Waals surface area contributed by atoms with Crippen molar-refractivity contribution in [3.05, 3.63) is 57.6 Å². The summed E-state index contributed by atoms with van der Waals surface area (Å²) in [5.74, 6) is 1.48. The minimum Gasteiger partial charge on any atom is -0.491 e. The van der Waals surface area contributed by atoms with Crippen molar-refractivity contribution >= 4 is 23.2 Å². The Hall–Kier alpha value is -1.42. The summed E-state index contributed by atoms with van der Waals surface area (Å²) < 4.78 is 11.2. The van der Waals surface area contributed by atoms with Crippen LogP contribution in [0.1, 0.15) is 17.2 Å². The number of hydrogen-bond donors (Lipinski definition) is 1. The molecule has 0 fully saturated rings. The maximum atomic E-state index is 6.10.